The summed E-state index contributed by atoms with van der Waals surface area (Å²) in [4.78, 5) is 2.37. The van der Waals surface area contributed by atoms with E-state index >= 15 is 0 Å². The average Bonchev–Trinajstić information content (AvgIpc) is 3.03. The summed E-state index contributed by atoms with van der Waals surface area (Å²) in [6, 6.07) is 0.549. The molecule has 0 aromatic rings. The Morgan fingerprint density at radius 1 is 1.47 bits per heavy atom. The Bertz CT molecular complexity index is 194. The van der Waals surface area contributed by atoms with Gasteiger partial charge in [-0.05, 0) is 32.9 Å². The first-order chi connectivity index (χ1) is 7.29. The third kappa shape index (κ3) is 3.44. The molecule has 3 nitrogen and oxygen atoms in total. The fourth-order valence-corrected chi connectivity index (χ4v) is 2.39. The lowest BCUT2D eigenvalue weighted by Crippen LogP contribution is -2.50. The quantitative estimate of drug-likeness (QED) is 0.738. The molecule has 3 heteroatoms. The van der Waals surface area contributed by atoms with Gasteiger partial charge in [-0.3, -0.25) is 0 Å². The highest BCUT2D eigenvalue weighted by Crippen LogP contribution is 2.34. The lowest BCUT2D eigenvalue weighted by molar-refractivity contribution is -0.0391. The molecule has 0 aromatic carbocycles. The number of likely N-dealkylation sites (N-methyl/N-ethyl adjacent to an activating group) is 2. The highest BCUT2D eigenvalue weighted by molar-refractivity contribution is 4.83. The summed E-state index contributed by atoms with van der Waals surface area (Å²) >= 11 is 0. The van der Waals surface area contributed by atoms with Crippen LogP contribution in [0, 0.1) is 5.92 Å². The Labute approximate surface area is 93.2 Å². The van der Waals surface area contributed by atoms with Gasteiger partial charge in [0.05, 0.1) is 12.7 Å². The van der Waals surface area contributed by atoms with Crippen LogP contribution in [0.1, 0.15) is 25.7 Å². The molecule has 2 unspecified atom stereocenters. The number of nitrogens with one attached hydrogen (secondary N) is 1. The van der Waals surface area contributed by atoms with Crippen LogP contribution in [0.25, 0.3) is 0 Å². The third-order valence-electron chi connectivity index (χ3n) is 3.70. The minimum Gasteiger partial charge on any atom is -0.374 e. The Morgan fingerprint density at radius 3 is 2.87 bits per heavy atom. The van der Waals surface area contributed by atoms with Gasteiger partial charge in [-0.2, -0.15) is 0 Å². The fraction of sp³-hybridized carbons (Fsp3) is 1.00. The molecule has 15 heavy (non-hydrogen) atoms. The van der Waals surface area contributed by atoms with E-state index in [-0.39, 0.29) is 0 Å². The molecule has 1 N–H and O–H groups in total. The zero-order valence-corrected chi connectivity index (χ0v) is 10.0. The van der Waals surface area contributed by atoms with Crippen molar-refractivity contribution in [3.05, 3.63) is 0 Å². The van der Waals surface area contributed by atoms with Crippen molar-refractivity contribution in [1.29, 1.82) is 0 Å². The highest BCUT2D eigenvalue weighted by atomic mass is 16.5. The van der Waals surface area contributed by atoms with E-state index in [0.29, 0.717) is 12.1 Å². The van der Waals surface area contributed by atoms with Gasteiger partial charge in [0.1, 0.15) is 0 Å². The molecule has 1 aliphatic heterocycles. The van der Waals surface area contributed by atoms with E-state index < -0.39 is 0 Å². The van der Waals surface area contributed by atoms with Crippen LogP contribution < -0.4 is 5.32 Å². The van der Waals surface area contributed by atoms with Crippen molar-refractivity contribution in [1.82, 2.24) is 10.2 Å². The summed E-state index contributed by atoms with van der Waals surface area (Å²) < 4.78 is 5.85. The molecule has 1 aliphatic carbocycles. The van der Waals surface area contributed by atoms with Crippen LogP contribution in [0.4, 0.5) is 0 Å². The van der Waals surface area contributed by atoms with Gasteiger partial charge in [0.2, 0.25) is 0 Å². The molecule has 2 rings (SSSR count). The summed E-state index contributed by atoms with van der Waals surface area (Å²) in [6.07, 6.45) is 5.98. The van der Waals surface area contributed by atoms with E-state index in [1.165, 1.54) is 25.7 Å². The molecule has 1 heterocycles. The van der Waals surface area contributed by atoms with Gasteiger partial charge in [-0.25, -0.2) is 0 Å². The molecule has 2 atom stereocenters. The van der Waals surface area contributed by atoms with Crippen LogP contribution >= 0.6 is 0 Å². The Kier molecular flexibility index (Phi) is 4.00. The Hall–Kier alpha value is -0.120. The molecule has 1 saturated heterocycles. The maximum atomic E-state index is 5.85. The van der Waals surface area contributed by atoms with E-state index in [4.69, 9.17) is 4.74 Å². The summed E-state index contributed by atoms with van der Waals surface area (Å²) in [5, 5.41) is 3.42. The van der Waals surface area contributed by atoms with Crippen LogP contribution in [0.3, 0.4) is 0 Å². The van der Waals surface area contributed by atoms with Crippen molar-refractivity contribution in [2.75, 3.05) is 33.8 Å². The largest absolute Gasteiger partial charge is 0.374 e. The van der Waals surface area contributed by atoms with Gasteiger partial charge < -0.3 is 15.0 Å². The Morgan fingerprint density at radius 2 is 2.27 bits per heavy atom. The van der Waals surface area contributed by atoms with Gasteiger partial charge in [0.15, 0.2) is 0 Å². The fourth-order valence-electron chi connectivity index (χ4n) is 2.39. The summed E-state index contributed by atoms with van der Waals surface area (Å²) in [7, 11) is 4.25. The summed E-state index contributed by atoms with van der Waals surface area (Å²) in [5.74, 6) is 1.03. The number of hydrogen-bond donors (Lipinski definition) is 1. The van der Waals surface area contributed by atoms with E-state index in [1.807, 2.05) is 0 Å². The van der Waals surface area contributed by atoms with Crippen LogP contribution in [0.15, 0.2) is 0 Å². The minimum absolute atomic E-state index is 0.396. The molecule has 0 spiro atoms. The maximum Gasteiger partial charge on any atom is 0.0855 e. The van der Waals surface area contributed by atoms with Crippen LogP contribution in [-0.2, 0) is 4.74 Å². The second-order valence-corrected chi connectivity index (χ2v) is 5.09. The van der Waals surface area contributed by atoms with Gasteiger partial charge in [0, 0.05) is 19.1 Å². The number of hydrogen-bond acceptors (Lipinski definition) is 3. The summed E-state index contributed by atoms with van der Waals surface area (Å²) in [5.41, 5.74) is 0. The van der Waals surface area contributed by atoms with E-state index in [0.717, 1.165) is 25.6 Å². The first-order valence-electron chi connectivity index (χ1n) is 6.27. The monoisotopic (exact) mass is 212 g/mol. The number of morpholine rings is 1. The van der Waals surface area contributed by atoms with E-state index in [9.17, 15) is 0 Å². The second kappa shape index (κ2) is 5.28. The topological polar surface area (TPSA) is 24.5 Å². The molecule has 2 fully saturated rings. The number of rotatable bonds is 5. The van der Waals surface area contributed by atoms with Gasteiger partial charge in [-0.15, -0.1) is 0 Å². The predicted octanol–water partition coefficient (Wildman–Crippen LogP) is 1.10. The molecular formula is C12H24N2O. The molecule has 88 valence electrons. The molecule has 0 aromatic heterocycles. The smallest absolute Gasteiger partial charge is 0.0855 e. The molecule has 0 amide bonds. The zero-order valence-electron chi connectivity index (χ0n) is 10.0. The molecule has 0 radical (unpaired) electrons. The van der Waals surface area contributed by atoms with E-state index in [1.54, 1.807) is 0 Å². The van der Waals surface area contributed by atoms with Crippen molar-refractivity contribution >= 4 is 0 Å². The molecule has 1 saturated carbocycles. The van der Waals surface area contributed by atoms with Crippen LogP contribution in [0.5, 0.6) is 0 Å². The third-order valence-corrected chi connectivity index (χ3v) is 3.70. The van der Waals surface area contributed by atoms with Crippen molar-refractivity contribution in [2.45, 2.75) is 37.8 Å². The predicted molar refractivity (Wildman–Crippen MR) is 62.0 cm³/mol. The van der Waals surface area contributed by atoms with E-state index in [2.05, 4.69) is 24.3 Å². The first kappa shape index (κ1) is 11.4. The number of ether oxygens (including phenoxy) is 1. The highest BCUT2D eigenvalue weighted by Gasteiger charge is 2.28. The molecular weight excluding hydrogens is 188 g/mol. The molecule has 0 bridgehead atoms. The normalized spacial score (nSPS) is 30.4. The lowest BCUT2D eigenvalue weighted by atomic mass is 10.0. The van der Waals surface area contributed by atoms with Gasteiger partial charge in [0.25, 0.3) is 0 Å². The lowest BCUT2D eigenvalue weighted by Gasteiger charge is -2.35. The van der Waals surface area contributed by atoms with Gasteiger partial charge >= 0.3 is 0 Å². The van der Waals surface area contributed by atoms with Crippen LogP contribution in [0.2, 0.25) is 0 Å². The summed E-state index contributed by atoms with van der Waals surface area (Å²) in [6.45, 7) is 3.05. The maximum absolute atomic E-state index is 5.85. The van der Waals surface area contributed by atoms with Crippen LogP contribution in [-0.4, -0.2) is 50.8 Å². The Balaban J connectivity index is 1.75. The standard InChI is InChI=1S/C12H24N2O/c1-13-11(6-5-10-3-4-10)12-9-14(2)7-8-15-12/h10-13H,3-9H2,1-2H3. The number of nitrogens with zero attached hydrogens (tertiary/aromatic N) is 1. The SMILES string of the molecule is CNC(CCC1CC1)C1CN(C)CCO1. The molecule has 2 aliphatic rings. The van der Waals surface area contributed by atoms with Crippen molar-refractivity contribution in [3.63, 3.8) is 0 Å². The second-order valence-electron chi connectivity index (χ2n) is 5.09. The first-order valence-corrected chi connectivity index (χ1v) is 6.27. The average molecular weight is 212 g/mol. The van der Waals surface area contributed by atoms with Gasteiger partial charge in [-0.1, -0.05) is 12.8 Å². The van der Waals surface area contributed by atoms with Crippen molar-refractivity contribution < 1.29 is 4.74 Å². The zero-order chi connectivity index (χ0) is 10.7. The van der Waals surface area contributed by atoms with Crippen molar-refractivity contribution in [2.24, 2.45) is 5.92 Å². The van der Waals surface area contributed by atoms with Crippen molar-refractivity contribution in [3.8, 4) is 0 Å². The minimum atomic E-state index is 0.396.